The average molecular weight is 487 g/mol. The number of anilines is 2. The molecular formula is C24H26N2O7S. The molecule has 180 valence electrons. The summed E-state index contributed by atoms with van der Waals surface area (Å²) in [7, 11) is 1.75. The van der Waals surface area contributed by atoms with E-state index in [9.17, 15) is 13.2 Å². The van der Waals surface area contributed by atoms with Gasteiger partial charge in [0.05, 0.1) is 44.7 Å². The molecule has 0 aliphatic rings. The highest BCUT2D eigenvalue weighted by Gasteiger charge is 2.29. The molecule has 0 bridgehead atoms. The van der Waals surface area contributed by atoms with Gasteiger partial charge < -0.3 is 24.3 Å². The molecule has 0 aliphatic heterocycles. The number of hydrogen-bond acceptors (Lipinski definition) is 7. The zero-order chi connectivity index (χ0) is 24.7. The maximum absolute atomic E-state index is 13.6. The number of methoxy groups -OCH3 is 4. The van der Waals surface area contributed by atoms with E-state index in [1.165, 1.54) is 52.7 Å². The third-order valence-electron chi connectivity index (χ3n) is 4.97. The lowest BCUT2D eigenvalue weighted by atomic mass is 10.2. The van der Waals surface area contributed by atoms with Crippen molar-refractivity contribution in [1.29, 1.82) is 0 Å². The summed E-state index contributed by atoms with van der Waals surface area (Å²) < 4.78 is 49.2. The van der Waals surface area contributed by atoms with Crippen LogP contribution in [0.15, 0.2) is 71.6 Å². The van der Waals surface area contributed by atoms with Gasteiger partial charge in [0.15, 0.2) is 0 Å². The van der Waals surface area contributed by atoms with Crippen molar-refractivity contribution in [2.75, 3.05) is 44.6 Å². The van der Waals surface area contributed by atoms with E-state index in [0.717, 1.165) is 4.31 Å². The quantitative estimate of drug-likeness (QED) is 0.467. The highest BCUT2D eigenvalue weighted by molar-refractivity contribution is 7.92. The molecule has 1 amide bonds. The van der Waals surface area contributed by atoms with Gasteiger partial charge in [-0.15, -0.1) is 0 Å². The van der Waals surface area contributed by atoms with Gasteiger partial charge in [-0.2, -0.15) is 0 Å². The molecule has 0 saturated heterocycles. The van der Waals surface area contributed by atoms with Crippen molar-refractivity contribution < 1.29 is 32.2 Å². The summed E-state index contributed by atoms with van der Waals surface area (Å²) in [6.07, 6.45) is 0. The zero-order valence-corrected chi connectivity index (χ0v) is 20.1. The Morgan fingerprint density at radius 1 is 0.794 bits per heavy atom. The van der Waals surface area contributed by atoms with E-state index >= 15 is 0 Å². The monoisotopic (exact) mass is 486 g/mol. The Bertz CT molecular complexity index is 1240. The molecule has 0 saturated carbocycles. The molecule has 0 spiro atoms. The van der Waals surface area contributed by atoms with Gasteiger partial charge >= 0.3 is 0 Å². The van der Waals surface area contributed by atoms with Crippen molar-refractivity contribution >= 4 is 27.3 Å². The van der Waals surface area contributed by atoms with Gasteiger partial charge in [-0.1, -0.05) is 12.1 Å². The number of para-hydroxylation sites is 2. The van der Waals surface area contributed by atoms with E-state index in [0.29, 0.717) is 28.7 Å². The van der Waals surface area contributed by atoms with Crippen molar-refractivity contribution in [2.24, 2.45) is 0 Å². The van der Waals surface area contributed by atoms with E-state index in [4.69, 9.17) is 18.9 Å². The number of sulfonamides is 1. The standard InChI is InChI=1S/C24H26N2O7S/c1-30-17-9-12-19(13-10-17)34(28,29)26(21-7-5-6-8-22(21)32-3)16-24(27)25-20-14-11-18(31-2)15-23(20)33-4/h5-15H,16H2,1-4H3,(H,25,27). The number of benzene rings is 3. The van der Waals surface area contributed by atoms with Crippen molar-refractivity contribution in [1.82, 2.24) is 0 Å². The molecule has 0 heterocycles. The molecule has 1 N–H and O–H groups in total. The highest BCUT2D eigenvalue weighted by Crippen LogP contribution is 2.33. The lowest BCUT2D eigenvalue weighted by Crippen LogP contribution is -2.38. The predicted molar refractivity (Wildman–Crippen MR) is 129 cm³/mol. The minimum absolute atomic E-state index is 0.00552. The number of amides is 1. The Morgan fingerprint density at radius 3 is 2.03 bits per heavy atom. The Balaban J connectivity index is 1.98. The number of carbonyl (C=O) groups is 1. The summed E-state index contributed by atoms with van der Waals surface area (Å²) in [6.45, 7) is -0.510. The summed E-state index contributed by atoms with van der Waals surface area (Å²) >= 11 is 0. The summed E-state index contributed by atoms with van der Waals surface area (Å²) in [5.74, 6) is 1.15. The molecule has 3 aromatic rings. The molecule has 3 rings (SSSR count). The first kappa shape index (κ1) is 24.7. The van der Waals surface area contributed by atoms with Crippen LogP contribution in [0.3, 0.4) is 0 Å². The fourth-order valence-corrected chi connectivity index (χ4v) is 4.66. The van der Waals surface area contributed by atoms with E-state index in [1.54, 1.807) is 42.5 Å². The van der Waals surface area contributed by atoms with Crippen LogP contribution < -0.4 is 28.6 Å². The number of rotatable bonds is 10. The van der Waals surface area contributed by atoms with Gasteiger partial charge in [0, 0.05) is 6.07 Å². The Labute approximate surface area is 198 Å². The fourth-order valence-electron chi connectivity index (χ4n) is 3.23. The minimum Gasteiger partial charge on any atom is -0.497 e. The third kappa shape index (κ3) is 5.34. The first-order valence-electron chi connectivity index (χ1n) is 10.2. The van der Waals surface area contributed by atoms with E-state index < -0.39 is 22.5 Å². The van der Waals surface area contributed by atoms with Gasteiger partial charge in [-0.05, 0) is 48.5 Å². The van der Waals surface area contributed by atoms with E-state index in [2.05, 4.69) is 5.32 Å². The minimum atomic E-state index is -4.14. The van der Waals surface area contributed by atoms with Crippen LogP contribution in [0.25, 0.3) is 0 Å². The molecule has 0 radical (unpaired) electrons. The Hall–Kier alpha value is -3.92. The second kappa shape index (κ2) is 10.8. The molecule has 10 heteroatoms. The second-order valence-electron chi connectivity index (χ2n) is 6.97. The maximum Gasteiger partial charge on any atom is 0.264 e. The summed E-state index contributed by atoms with van der Waals surface area (Å²) in [4.78, 5) is 13.0. The van der Waals surface area contributed by atoms with E-state index in [1.807, 2.05) is 0 Å². The fraction of sp³-hybridized carbons (Fsp3) is 0.208. The first-order valence-corrected chi connectivity index (χ1v) is 11.6. The van der Waals surface area contributed by atoms with Crippen molar-refractivity contribution in [3.05, 3.63) is 66.7 Å². The number of nitrogens with one attached hydrogen (secondary N) is 1. The highest BCUT2D eigenvalue weighted by atomic mass is 32.2. The molecule has 0 atom stereocenters. The van der Waals surface area contributed by atoms with Crippen molar-refractivity contribution in [3.8, 4) is 23.0 Å². The summed E-state index contributed by atoms with van der Waals surface area (Å²) in [5, 5.41) is 2.71. The molecule has 0 aliphatic carbocycles. The van der Waals surface area contributed by atoms with Gasteiger partial charge in [0.1, 0.15) is 29.5 Å². The Morgan fingerprint density at radius 2 is 1.41 bits per heavy atom. The van der Waals surface area contributed by atoms with Crippen LogP contribution in [0.4, 0.5) is 11.4 Å². The molecular weight excluding hydrogens is 460 g/mol. The van der Waals surface area contributed by atoms with Gasteiger partial charge in [0.25, 0.3) is 10.0 Å². The van der Waals surface area contributed by atoms with Crippen LogP contribution >= 0.6 is 0 Å². The SMILES string of the molecule is COc1ccc(S(=O)(=O)N(CC(=O)Nc2ccc(OC)cc2OC)c2ccccc2OC)cc1. The topological polar surface area (TPSA) is 103 Å². The predicted octanol–water partition coefficient (Wildman–Crippen LogP) is 3.56. The Kier molecular flexibility index (Phi) is 7.85. The van der Waals surface area contributed by atoms with Gasteiger partial charge in [0.2, 0.25) is 5.91 Å². The van der Waals surface area contributed by atoms with Crippen LogP contribution in [0.2, 0.25) is 0 Å². The second-order valence-corrected chi connectivity index (χ2v) is 8.84. The van der Waals surface area contributed by atoms with Crippen LogP contribution in [-0.2, 0) is 14.8 Å². The summed E-state index contributed by atoms with van der Waals surface area (Å²) in [6, 6.07) is 17.4. The summed E-state index contributed by atoms with van der Waals surface area (Å²) in [5.41, 5.74) is 0.591. The molecule has 3 aromatic carbocycles. The number of ether oxygens (including phenoxy) is 4. The average Bonchev–Trinajstić information content (AvgIpc) is 2.87. The van der Waals surface area contributed by atoms with Crippen LogP contribution in [-0.4, -0.2) is 49.3 Å². The number of hydrogen-bond donors (Lipinski definition) is 1. The van der Waals surface area contributed by atoms with Crippen molar-refractivity contribution in [2.45, 2.75) is 4.90 Å². The van der Waals surface area contributed by atoms with Gasteiger partial charge in [-0.25, -0.2) is 8.42 Å². The number of nitrogens with zero attached hydrogens (tertiary/aromatic N) is 1. The maximum atomic E-state index is 13.6. The normalized spacial score (nSPS) is 10.8. The molecule has 0 aromatic heterocycles. The molecule has 0 unspecified atom stereocenters. The van der Waals surface area contributed by atoms with Crippen LogP contribution in [0.5, 0.6) is 23.0 Å². The largest absolute Gasteiger partial charge is 0.497 e. The van der Waals surface area contributed by atoms with Crippen LogP contribution in [0.1, 0.15) is 0 Å². The molecule has 9 nitrogen and oxygen atoms in total. The van der Waals surface area contributed by atoms with E-state index in [-0.39, 0.29) is 10.6 Å². The molecule has 0 fully saturated rings. The number of carbonyl (C=O) groups excluding carboxylic acids is 1. The smallest absolute Gasteiger partial charge is 0.264 e. The van der Waals surface area contributed by atoms with Crippen LogP contribution in [0, 0.1) is 0 Å². The lowest BCUT2D eigenvalue weighted by molar-refractivity contribution is -0.114. The first-order chi connectivity index (χ1) is 16.3. The third-order valence-corrected chi connectivity index (χ3v) is 6.75. The zero-order valence-electron chi connectivity index (χ0n) is 19.3. The lowest BCUT2D eigenvalue weighted by Gasteiger charge is -2.25. The van der Waals surface area contributed by atoms with Crippen molar-refractivity contribution in [3.63, 3.8) is 0 Å². The molecule has 34 heavy (non-hydrogen) atoms. The van der Waals surface area contributed by atoms with Gasteiger partial charge in [-0.3, -0.25) is 9.10 Å².